The second-order valence-corrected chi connectivity index (χ2v) is 7.39. The number of ether oxygens (including phenoxy) is 1. The Morgan fingerprint density at radius 2 is 2.16 bits per heavy atom. The molecule has 0 radical (unpaired) electrons. The van der Waals surface area contributed by atoms with Crippen LogP contribution in [0.2, 0.25) is 0 Å². The van der Waals surface area contributed by atoms with E-state index in [-0.39, 0.29) is 11.5 Å². The molecule has 0 unspecified atom stereocenters. The van der Waals surface area contributed by atoms with E-state index in [1.54, 1.807) is 0 Å². The summed E-state index contributed by atoms with van der Waals surface area (Å²) >= 11 is 1.43. The maximum absolute atomic E-state index is 13.8. The number of halogens is 1. The van der Waals surface area contributed by atoms with Crippen LogP contribution < -0.4 is 5.14 Å². The Bertz CT molecular complexity index is 1010. The van der Waals surface area contributed by atoms with Crippen molar-refractivity contribution >= 4 is 27.3 Å². The number of nitrogens with two attached hydrogens (primary N) is 1. The van der Waals surface area contributed by atoms with Crippen molar-refractivity contribution in [3.05, 3.63) is 59.0 Å². The van der Waals surface area contributed by atoms with E-state index in [0.29, 0.717) is 11.6 Å². The number of benzene rings is 1. The molecule has 0 aliphatic carbocycles. The average Bonchev–Trinajstić information content (AvgIpc) is 3.23. The van der Waals surface area contributed by atoms with Gasteiger partial charge in [-0.25, -0.2) is 27.7 Å². The summed E-state index contributed by atoms with van der Waals surface area (Å²) in [5.41, 5.74) is -0.201. The summed E-state index contributed by atoms with van der Waals surface area (Å²) in [4.78, 5) is 16.6. The third-order valence-corrected chi connectivity index (χ3v) is 4.89. The van der Waals surface area contributed by atoms with Gasteiger partial charge in [-0.15, -0.1) is 11.3 Å². The average molecular weight is 382 g/mol. The van der Waals surface area contributed by atoms with Crippen LogP contribution in [0, 0.1) is 5.82 Å². The number of nitrogens with zero attached hydrogens (tertiary/aromatic N) is 1. The fraction of sp³-hybridized carbons (Fsp3) is 0.0667. The quantitative estimate of drug-likeness (QED) is 0.679. The monoisotopic (exact) mass is 382 g/mol. The first-order chi connectivity index (χ1) is 11.8. The summed E-state index contributed by atoms with van der Waals surface area (Å²) in [6, 6.07) is 6.28. The van der Waals surface area contributed by atoms with Crippen molar-refractivity contribution in [3.8, 4) is 10.8 Å². The van der Waals surface area contributed by atoms with Crippen LogP contribution in [0.25, 0.3) is 10.8 Å². The van der Waals surface area contributed by atoms with Crippen molar-refractivity contribution < 1.29 is 26.8 Å². The summed E-state index contributed by atoms with van der Waals surface area (Å²) in [6.45, 7) is -0.257. The summed E-state index contributed by atoms with van der Waals surface area (Å²) < 4.78 is 46.6. The molecule has 2 heterocycles. The van der Waals surface area contributed by atoms with Crippen molar-refractivity contribution in [2.24, 2.45) is 5.14 Å². The van der Waals surface area contributed by atoms with Gasteiger partial charge in [0, 0.05) is 0 Å². The number of oxazole rings is 1. The number of aromatic nitrogens is 1. The lowest BCUT2D eigenvalue weighted by Crippen LogP contribution is -2.14. The molecule has 10 heteroatoms. The van der Waals surface area contributed by atoms with E-state index in [9.17, 15) is 17.6 Å². The molecule has 0 atom stereocenters. The van der Waals surface area contributed by atoms with E-state index in [0.717, 1.165) is 23.1 Å². The van der Waals surface area contributed by atoms with Crippen LogP contribution in [0.5, 0.6) is 0 Å². The Kier molecular flexibility index (Phi) is 4.66. The predicted octanol–water partition coefficient (Wildman–Crippen LogP) is 2.55. The SMILES string of the molecule is NS(=O)(=O)c1ccc(F)c(C(=O)OCc2coc(-c3cccs3)n2)c1. The number of carbonyl (C=O) groups excluding carboxylic acids is 1. The zero-order chi connectivity index (χ0) is 18.0. The highest BCUT2D eigenvalue weighted by Crippen LogP contribution is 2.24. The zero-order valence-corrected chi connectivity index (χ0v) is 14.1. The molecule has 3 rings (SSSR count). The Morgan fingerprint density at radius 3 is 2.84 bits per heavy atom. The van der Waals surface area contributed by atoms with Gasteiger partial charge in [-0.1, -0.05) is 6.07 Å². The molecule has 0 saturated carbocycles. The van der Waals surface area contributed by atoms with E-state index in [4.69, 9.17) is 14.3 Å². The first-order valence-electron chi connectivity index (χ1n) is 6.82. The Balaban J connectivity index is 1.73. The van der Waals surface area contributed by atoms with Gasteiger partial charge in [0.25, 0.3) is 0 Å². The normalized spacial score (nSPS) is 11.4. The first kappa shape index (κ1) is 17.3. The fourth-order valence-corrected chi connectivity index (χ4v) is 3.14. The minimum Gasteiger partial charge on any atom is -0.455 e. The molecule has 0 bridgehead atoms. The van der Waals surface area contributed by atoms with Crippen LogP contribution in [-0.2, 0) is 21.4 Å². The highest BCUT2D eigenvalue weighted by atomic mass is 32.2. The van der Waals surface area contributed by atoms with Crippen molar-refractivity contribution in [1.29, 1.82) is 0 Å². The lowest BCUT2D eigenvalue weighted by Gasteiger charge is -2.05. The van der Waals surface area contributed by atoms with Gasteiger partial charge in [0.1, 0.15) is 24.4 Å². The maximum atomic E-state index is 13.8. The number of hydrogen-bond donors (Lipinski definition) is 1. The Hall–Kier alpha value is -2.56. The molecule has 0 amide bonds. The Morgan fingerprint density at radius 1 is 1.36 bits per heavy atom. The number of rotatable bonds is 5. The van der Waals surface area contributed by atoms with Crippen molar-refractivity contribution in [1.82, 2.24) is 4.98 Å². The Labute approximate surface area is 145 Å². The topological polar surface area (TPSA) is 112 Å². The second-order valence-electron chi connectivity index (χ2n) is 4.88. The highest BCUT2D eigenvalue weighted by Gasteiger charge is 2.19. The van der Waals surface area contributed by atoms with Crippen LogP contribution in [0.4, 0.5) is 4.39 Å². The molecular weight excluding hydrogens is 371 g/mol. The summed E-state index contributed by atoms with van der Waals surface area (Å²) in [7, 11) is -4.07. The molecular formula is C15H11FN2O5S2. The molecule has 7 nitrogen and oxygen atoms in total. The smallest absolute Gasteiger partial charge is 0.341 e. The van der Waals surface area contributed by atoms with Gasteiger partial charge in [-0.3, -0.25) is 0 Å². The molecule has 25 heavy (non-hydrogen) atoms. The number of sulfonamides is 1. The number of esters is 1. The number of primary sulfonamides is 1. The minimum atomic E-state index is -4.07. The summed E-state index contributed by atoms with van der Waals surface area (Å²) in [6.07, 6.45) is 1.32. The largest absolute Gasteiger partial charge is 0.455 e. The van der Waals surface area contributed by atoms with E-state index >= 15 is 0 Å². The highest BCUT2D eigenvalue weighted by molar-refractivity contribution is 7.89. The predicted molar refractivity (Wildman–Crippen MR) is 86.7 cm³/mol. The van der Waals surface area contributed by atoms with Crippen molar-refractivity contribution in [3.63, 3.8) is 0 Å². The molecule has 1 aromatic carbocycles. The molecule has 2 N–H and O–H groups in total. The van der Waals surface area contributed by atoms with Gasteiger partial charge in [0.2, 0.25) is 15.9 Å². The molecule has 0 aliphatic heterocycles. The molecule has 0 fully saturated rings. The number of carbonyl (C=O) groups is 1. The molecule has 0 spiro atoms. The number of thiophene rings is 1. The van der Waals surface area contributed by atoms with Crippen LogP contribution >= 0.6 is 11.3 Å². The molecule has 0 saturated heterocycles. The van der Waals surface area contributed by atoms with E-state index in [1.165, 1.54) is 17.6 Å². The molecule has 130 valence electrons. The van der Waals surface area contributed by atoms with Crippen molar-refractivity contribution in [2.45, 2.75) is 11.5 Å². The van der Waals surface area contributed by atoms with E-state index in [2.05, 4.69) is 4.98 Å². The molecule has 0 aliphatic rings. The van der Waals surface area contributed by atoms with Gasteiger partial charge in [0.15, 0.2) is 0 Å². The van der Waals surface area contributed by atoms with Crippen LogP contribution in [0.1, 0.15) is 16.1 Å². The van der Waals surface area contributed by atoms with Gasteiger partial charge >= 0.3 is 5.97 Å². The first-order valence-corrected chi connectivity index (χ1v) is 9.25. The van der Waals surface area contributed by atoms with Gasteiger partial charge in [-0.2, -0.15) is 0 Å². The van der Waals surface area contributed by atoms with Gasteiger partial charge < -0.3 is 9.15 Å². The standard InChI is InChI=1S/C15H11FN2O5S2/c16-12-4-3-10(25(17,20)21)6-11(12)15(19)23-8-9-7-22-14(18-9)13-2-1-5-24-13/h1-7H,8H2,(H2,17,20,21). The van der Waals surface area contributed by atoms with Crippen LogP contribution in [0.3, 0.4) is 0 Å². The van der Waals surface area contributed by atoms with E-state index in [1.807, 2.05) is 17.5 Å². The van der Waals surface area contributed by atoms with Gasteiger partial charge in [0.05, 0.1) is 15.3 Å². The van der Waals surface area contributed by atoms with Crippen LogP contribution in [-0.4, -0.2) is 19.4 Å². The summed E-state index contributed by atoms with van der Waals surface area (Å²) in [5, 5.41) is 6.83. The third kappa shape index (κ3) is 3.92. The summed E-state index contributed by atoms with van der Waals surface area (Å²) in [5.74, 6) is -1.58. The maximum Gasteiger partial charge on any atom is 0.341 e. The van der Waals surface area contributed by atoms with Gasteiger partial charge in [-0.05, 0) is 29.6 Å². The lowest BCUT2D eigenvalue weighted by atomic mass is 10.2. The lowest BCUT2D eigenvalue weighted by molar-refractivity contribution is 0.0462. The van der Waals surface area contributed by atoms with Crippen LogP contribution in [0.15, 0.2) is 51.3 Å². The third-order valence-electron chi connectivity index (χ3n) is 3.12. The fourth-order valence-electron chi connectivity index (χ4n) is 1.94. The molecule has 3 aromatic rings. The second kappa shape index (κ2) is 6.75. The van der Waals surface area contributed by atoms with Crippen molar-refractivity contribution in [2.75, 3.05) is 0 Å². The molecule has 2 aromatic heterocycles. The minimum absolute atomic E-state index is 0.257. The van der Waals surface area contributed by atoms with E-state index < -0.39 is 27.4 Å². The zero-order valence-electron chi connectivity index (χ0n) is 12.5. The number of hydrogen-bond acceptors (Lipinski definition) is 7.